The average Bonchev–Trinajstić information content (AvgIpc) is 2.54. The molecule has 0 aliphatic heterocycles. The van der Waals surface area contributed by atoms with Crippen LogP contribution in [0, 0.1) is 0 Å². The zero-order chi connectivity index (χ0) is 20.1. The maximum atomic E-state index is 11.2. The standard InChI is InChI=1S/C16H31N3O7/c1-3-17(10-14(21)22)6-7-18(11-15(23)24)9-13(5-8-20)19(4-2)12-16(25)26/h13,20H,3-12H2,1-2H3,(H,21,22)(H,23,24)(H,25,26). The van der Waals surface area contributed by atoms with Crippen LogP contribution in [0.15, 0.2) is 0 Å². The van der Waals surface area contributed by atoms with Crippen LogP contribution in [0.25, 0.3) is 0 Å². The summed E-state index contributed by atoms with van der Waals surface area (Å²) in [6, 6.07) is -0.310. The predicted octanol–water partition coefficient (Wildman–Crippen LogP) is -1.06. The fraction of sp³-hybridized carbons (Fsp3) is 0.812. The summed E-state index contributed by atoms with van der Waals surface area (Å²) in [5.41, 5.74) is 0. The number of carbonyl (C=O) groups is 3. The minimum absolute atomic E-state index is 0.127. The summed E-state index contributed by atoms with van der Waals surface area (Å²) in [6.07, 6.45) is 0.323. The molecule has 0 radical (unpaired) electrons. The number of hydrogen-bond acceptors (Lipinski definition) is 7. The summed E-state index contributed by atoms with van der Waals surface area (Å²) in [4.78, 5) is 38.0. The molecule has 26 heavy (non-hydrogen) atoms. The van der Waals surface area contributed by atoms with Gasteiger partial charge in [-0.1, -0.05) is 13.8 Å². The van der Waals surface area contributed by atoms with Crippen LogP contribution < -0.4 is 0 Å². The number of likely N-dealkylation sites (N-methyl/N-ethyl adjacent to an activating group) is 2. The van der Waals surface area contributed by atoms with Gasteiger partial charge in [-0.05, 0) is 19.5 Å². The first-order valence-corrected chi connectivity index (χ1v) is 8.68. The molecule has 0 aliphatic carbocycles. The van der Waals surface area contributed by atoms with Gasteiger partial charge in [0.2, 0.25) is 0 Å². The van der Waals surface area contributed by atoms with Gasteiger partial charge in [-0.15, -0.1) is 0 Å². The number of nitrogens with zero attached hydrogens (tertiary/aromatic N) is 3. The van der Waals surface area contributed by atoms with E-state index < -0.39 is 17.9 Å². The fourth-order valence-electron chi connectivity index (χ4n) is 2.76. The molecular formula is C16H31N3O7. The molecule has 0 bridgehead atoms. The molecule has 0 saturated carbocycles. The molecule has 0 aromatic heterocycles. The summed E-state index contributed by atoms with van der Waals surface area (Å²) in [5, 5.41) is 36.3. The lowest BCUT2D eigenvalue weighted by Gasteiger charge is -2.34. The molecule has 0 saturated heterocycles. The molecule has 4 N–H and O–H groups in total. The topological polar surface area (TPSA) is 142 Å². The highest BCUT2D eigenvalue weighted by Gasteiger charge is 2.23. The fourth-order valence-corrected chi connectivity index (χ4v) is 2.76. The SMILES string of the molecule is CCN(CCN(CC(=O)O)CC(CCO)N(CC)CC(=O)O)CC(=O)O. The Kier molecular flexibility index (Phi) is 12.5. The van der Waals surface area contributed by atoms with Crippen molar-refractivity contribution in [2.75, 3.05) is 59.0 Å². The molecule has 1 atom stereocenters. The Morgan fingerprint density at radius 3 is 1.73 bits per heavy atom. The molecule has 152 valence electrons. The maximum Gasteiger partial charge on any atom is 0.317 e. The Bertz CT molecular complexity index is 448. The van der Waals surface area contributed by atoms with Crippen LogP contribution in [0.1, 0.15) is 20.3 Å². The lowest BCUT2D eigenvalue weighted by Crippen LogP contribution is -2.49. The number of carboxylic acids is 3. The molecule has 0 aliphatic rings. The molecule has 1 unspecified atom stereocenters. The van der Waals surface area contributed by atoms with Gasteiger partial charge < -0.3 is 20.4 Å². The molecule has 0 amide bonds. The first-order valence-electron chi connectivity index (χ1n) is 8.68. The van der Waals surface area contributed by atoms with E-state index in [1.54, 1.807) is 21.6 Å². The monoisotopic (exact) mass is 377 g/mol. The molecule has 0 rings (SSSR count). The van der Waals surface area contributed by atoms with Gasteiger partial charge in [0.1, 0.15) is 0 Å². The number of carboxylic acid groups (broad SMARTS) is 3. The van der Waals surface area contributed by atoms with Crippen LogP contribution in [-0.4, -0.2) is 118 Å². The van der Waals surface area contributed by atoms with Crippen molar-refractivity contribution in [2.45, 2.75) is 26.3 Å². The van der Waals surface area contributed by atoms with Gasteiger partial charge in [-0.25, -0.2) is 0 Å². The smallest absolute Gasteiger partial charge is 0.317 e. The average molecular weight is 377 g/mol. The zero-order valence-electron chi connectivity index (χ0n) is 15.5. The van der Waals surface area contributed by atoms with Crippen LogP contribution in [-0.2, 0) is 14.4 Å². The number of hydrogen-bond donors (Lipinski definition) is 4. The summed E-state index contributed by atoms with van der Waals surface area (Å²) in [6.45, 7) is 4.90. The molecule has 0 spiro atoms. The normalized spacial score (nSPS) is 12.7. The molecule has 10 nitrogen and oxygen atoms in total. The lowest BCUT2D eigenvalue weighted by atomic mass is 10.1. The van der Waals surface area contributed by atoms with E-state index in [0.29, 0.717) is 32.6 Å². The quantitative estimate of drug-likeness (QED) is 0.263. The highest BCUT2D eigenvalue weighted by Crippen LogP contribution is 2.08. The molecule has 0 aromatic rings. The molecule has 0 aromatic carbocycles. The molecular weight excluding hydrogens is 346 g/mol. The third-order valence-electron chi connectivity index (χ3n) is 4.09. The third-order valence-corrected chi connectivity index (χ3v) is 4.09. The second-order valence-corrected chi connectivity index (χ2v) is 6.01. The van der Waals surface area contributed by atoms with Crippen LogP contribution in [0.2, 0.25) is 0 Å². The van der Waals surface area contributed by atoms with E-state index in [2.05, 4.69) is 0 Å². The van der Waals surface area contributed by atoms with Crippen molar-refractivity contribution >= 4 is 17.9 Å². The summed E-state index contributed by atoms with van der Waals surface area (Å²) in [7, 11) is 0. The van der Waals surface area contributed by atoms with E-state index in [4.69, 9.17) is 15.3 Å². The first kappa shape index (κ1) is 24.2. The Morgan fingerprint density at radius 2 is 1.31 bits per heavy atom. The second kappa shape index (κ2) is 13.5. The van der Waals surface area contributed by atoms with Crippen LogP contribution in [0.4, 0.5) is 0 Å². The van der Waals surface area contributed by atoms with Gasteiger partial charge in [0.25, 0.3) is 0 Å². The Balaban J connectivity index is 5.01. The van der Waals surface area contributed by atoms with Gasteiger partial charge in [0, 0.05) is 32.3 Å². The van der Waals surface area contributed by atoms with Crippen molar-refractivity contribution in [3.8, 4) is 0 Å². The lowest BCUT2D eigenvalue weighted by molar-refractivity contribution is -0.141. The zero-order valence-corrected chi connectivity index (χ0v) is 15.5. The van der Waals surface area contributed by atoms with E-state index in [1.807, 2.05) is 6.92 Å². The second-order valence-electron chi connectivity index (χ2n) is 6.01. The highest BCUT2D eigenvalue weighted by molar-refractivity contribution is 5.69. The van der Waals surface area contributed by atoms with Crippen molar-refractivity contribution < 1.29 is 34.8 Å². The Morgan fingerprint density at radius 1 is 0.808 bits per heavy atom. The van der Waals surface area contributed by atoms with Crippen molar-refractivity contribution in [2.24, 2.45) is 0 Å². The third kappa shape index (κ3) is 11.0. The molecule has 0 heterocycles. The van der Waals surface area contributed by atoms with Crippen molar-refractivity contribution in [3.05, 3.63) is 0 Å². The van der Waals surface area contributed by atoms with E-state index in [1.165, 1.54) is 0 Å². The van der Waals surface area contributed by atoms with Gasteiger partial charge in [-0.3, -0.25) is 29.1 Å². The number of aliphatic hydroxyl groups is 1. The number of aliphatic hydroxyl groups excluding tert-OH is 1. The highest BCUT2D eigenvalue weighted by atomic mass is 16.4. The van der Waals surface area contributed by atoms with Gasteiger partial charge >= 0.3 is 17.9 Å². The van der Waals surface area contributed by atoms with Crippen LogP contribution in [0.3, 0.4) is 0 Å². The number of aliphatic carboxylic acids is 3. The van der Waals surface area contributed by atoms with E-state index >= 15 is 0 Å². The van der Waals surface area contributed by atoms with Crippen molar-refractivity contribution in [1.29, 1.82) is 0 Å². The van der Waals surface area contributed by atoms with Gasteiger partial charge in [0.05, 0.1) is 19.6 Å². The van der Waals surface area contributed by atoms with Gasteiger partial charge in [-0.2, -0.15) is 0 Å². The van der Waals surface area contributed by atoms with Gasteiger partial charge in [0.15, 0.2) is 0 Å². The van der Waals surface area contributed by atoms with Crippen molar-refractivity contribution in [3.63, 3.8) is 0 Å². The molecule has 0 fully saturated rings. The Labute approximate surface area is 153 Å². The largest absolute Gasteiger partial charge is 0.480 e. The van der Waals surface area contributed by atoms with Crippen LogP contribution >= 0.6 is 0 Å². The van der Waals surface area contributed by atoms with E-state index in [9.17, 15) is 19.5 Å². The predicted molar refractivity (Wildman–Crippen MR) is 94.2 cm³/mol. The summed E-state index contributed by atoms with van der Waals surface area (Å²) < 4.78 is 0. The summed E-state index contributed by atoms with van der Waals surface area (Å²) in [5.74, 6) is -2.96. The minimum Gasteiger partial charge on any atom is -0.480 e. The molecule has 10 heteroatoms. The van der Waals surface area contributed by atoms with Crippen molar-refractivity contribution in [1.82, 2.24) is 14.7 Å². The van der Waals surface area contributed by atoms with E-state index in [0.717, 1.165) is 0 Å². The van der Waals surface area contributed by atoms with E-state index in [-0.39, 0.29) is 38.8 Å². The minimum atomic E-state index is -1.02. The Hall–Kier alpha value is -1.75. The van der Waals surface area contributed by atoms with Crippen LogP contribution in [0.5, 0.6) is 0 Å². The summed E-state index contributed by atoms with van der Waals surface area (Å²) >= 11 is 0. The first-order chi connectivity index (χ1) is 12.2. The maximum absolute atomic E-state index is 11.2. The number of rotatable bonds is 16.